The minimum absolute atomic E-state index is 0.115. The molecule has 5 nitrogen and oxygen atoms in total. The monoisotopic (exact) mass is 345 g/mol. The van der Waals surface area contributed by atoms with Gasteiger partial charge in [0.05, 0.1) is 6.54 Å². The van der Waals surface area contributed by atoms with Gasteiger partial charge in [-0.1, -0.05) is 12.1 Å². The summed E-state index contributed by atoms with van der Waals surface area (Å²) < 4.78 is 0. The predicted octanol–water partition coefficient (Wildman–Crippen LogP) is 2.00. The Hall–Kier alpha value is -1.59. The van der Waals surface area contributed by atoms with Gasteiger partial charge in [-0.05, 0) is 62.8 Å². The number of hydrogen-bond acceptors (Lipinski definition) is 4. The summed E-state index contributed by atoms with van der Waals surface area (Å²) in [6.45, 7) is 6.67. The summed E-state index contributed by atoms with van der Waals surface area (Å²) in [4.78, 5) is 16.7. The topological polar surface area (TPSA) is 55.8 Å². The molecule has 2 saturated heterocycles. The lowest BCUT2D eigenvalue weighted by atomic mass is 9.97. The van der Waals surface area contributed by atoms with Crippen molar-refractivity contribution in [3.05, 3.63) is 29.8 Å². The Morgan fingerprint density at radius 2 is 1.88 bits per heavy atom. The van der Waals surface area contributed by atoms with Gasteiger partial charge in [0.15, 0.2) is 0 Å². The fraction of sp³-hybridized carbons (Fsp3) is 0.650. The molecular formula is C20H31N3O2. The van der Waals surface area contributed by atoms with Crippen LogP contribution in [0, 0.1) is 5.92 Å². The first-order valence-electron chi connectivity index (χ1n) is 9.61. The Morgan fingerprint density at radius 1 is 1.16 bits per heavy atom. The molecule has 3 rings (SSSR count). The largest absolute Gasteiger partial charge is 0.396 e. The second kappa shape index (κ2) is 8.68. The SMILES string of the molecule is CC1CCCN1CC(=O)NCc1ccc(N2CCC(CO)CC2)cc1. The van der Waals surface area contributed by atoms with E-state index in [-0.39, 0.29) is 5.91 Å². The molecule has 5 heteroatoms. The summed E-state index contributed by atoms with van der Waals surface area (Å²) >= 11 is 0. The molecule has 2 aliphatic heterocycles. The smallest absolute Gasteiger partial charge is 0.234 e. The number of aliphatic hydroxyl groups is 1. The molecule has 0 saturated carbocycles. The van der Waals surface area contributed by atoms with Crippen LogP contribution >= 0.6 is 0 Å². The number of likely N-dealkylation sites (tertiary alicyclic amines) is 1. The van der Waals surface area contributed by atoms with Crippen LogP contribution in [0.3, 0.4) is 0 Å². The van der Waals surface area contributed by atoms with Crippen LogP contribution in [-0.4, -0.2) is 54.7 Å². The lowest BCUT2D eigenvalue weighted by Crippen LogP contribution is -2.38. The third kappa shape index (κ3) is 4.95. The maximum atomic E-state index is 12.1. The summed E-state index contributed by atoms with van der Waals surface area (Å²) in [6.07, 6.45) is 4.52. The number of nitrogens with one attached hydrogen (secondary N) is 1. The van der Waals surface area contributed by atoms with Gasteiger partial charge in [-0.3, -0.25) is 9.69 Å². The average Bonchev–Trinajstić information content (AvgIpc) is 3.05. The van der Waals surface area contributed by atoms with Crippen molar-refractivity contribution in [1.82, 2.24) is 10.2 Å². The van der Waals surface area contributed by atoms with Crippen LogP contribution in [0.4, 0.5) is 5.69 Å². The predicted molar refractivity (Wildman–Crippen MR) is 101 cm³/mol. The van der Waals surface area contributed by atoms with Crippen molar-refractivity contribution in [3.63, 3.8) is 0 Å². The van der Waals surface area contributed by atoms with Crippen molar-refractivity contribution >= 4 is 11.6 Å². The number of rotatable bonds is 6. The van der Waals surface area contributed by atoms with Crippen LogP contribution < -0.4 is 10.2 Å². The fourth-order valence-corrected chi connectivity index (χ4v) is 3.87. The zero-order chi connectivity index (χ0) is 17.6. The number of carbonyl (C=O) groups is 1. The highest BCUT2D eigenvalue weighted by Gasteiger charge is 2.22. The minimum Gasteiger partial charge on any atom is -0.396 e. The third-order valence-corrected chi connectivity index (χ3v) is 5.70. The van der Waals surface area contributed by atoms with E-state index in [2.05, 4.69) is 46.3 Å². The molecule has 2 fully saturated rings. The van der Waals surface area contributed by atoms with Crippen molar-refractivity contribution in [2.24, 2.45) is 5.92 Å². The fourth-order valence-electron chi connectivity index (χ4n) is 3.87. The molecule has 0 radical (unpaired) electrons. The van der Waals surface area contributed by atoms with Crippen molar-refractivity contribution in [3.8, 4) is 0 Å². The van der Waals surface area contributed by atoms with Gasteiger partial charge in [-0.25, -0.2) is 0 Å². The average molecular weight is 345 g/mol. The number of anilines is 1. The quantitative estimate of drug-likeness (QED) is 0.828. The molecular weight excluding hydrogens is 314 g/mol. The highest BCUT2D eigenvalue weighted by molar-refractivity contribution is 5.78. The lowest BCUT2D eigenvalue weighted by Gasteiger charge is -2.33. The Labute approximate surface area is 151 Å². The first-order valence-corrected chi connectivity index (χ1v) is 9.61. The third-order valence-electron chi connectivity index (χ3n) is 5.70. The molecule has 1 unspecified atom stereocenters. The van der Waals surface area contributed by atoms with Crippen LogP contribution in [0.1, 0.15) is 38.2 Å². The van der Waals surface area contributed by atoms with Crippen LogP contribution in [0.25, 0.3) is 0 Å². The van der Waals surface area contributed by atoms with Crippen LogP contribution in [0.15, 0.2) is 24.3 Å². The van der Waals surface area contributed by atoms with E-state index >= 15 is 0 Å². The zero-order valence-electron chi connectivity index (χ0n) is 15.3. The molecule has 1 aromatic rings. The molecule has 0 aromatic heterocycles. The van der Waals surface area contributed by atoms with Crippen molar-refractivity contribution < 1.29 is 9.90 Å². The Kier molecular flexibility index (Phi) is 6.32. The lowest BCUT2D eigenvalue weighted by molar-refractivity contribution is -0.122. The van der Waals surface area contributed by atoms with E-state index < -0.39 is 0 Å². The molecule has 1 atom stereocenters. The molecule has 2 N–H and O–H groups in total. The van der Waals surface area contributed by atoms with E-state index in [1.54, 1.807) is 0 Å². The highest BCUT2D eigenvalue weighted by Crippen LogP contribution is 2.23. The van der Waals surface area contributed by atoms with E-state index in [0.29, 0.717) is 31.7 Å². The Morgan fingerprint density at radius 3 is 2.48 bits per heavy atom. The Bertz CT molecular complexity index is 553. The molecule has 0 spiro atoms. The van der Waals surface area contributed by atoms with E-state index in [0.717, 1.165) is 38.0 Å². The molecule has 2 aliphatic rings. The number of amides is 1. The maximum Gasteiger partial charge on any atom is 0.234 e. The van der Waals surface area contributed by atoms with Crippen molar-refractivity contribution in [2.45, 2.75) is 45.2 Å². The summed E-state index contributed by atoms with van der Waals surface area (Å²) in [5.41, 5.74) is 2.37. The minimum atomic E-state index is 0.115. The molecule has 2 heterocycles. The van der Waals surface area contributed by atoms with Crippen LogP contribution in [0.5, 0.6) is 0 Å². The van der Waals surface area contributed by atoms with Gasteiger partial charge in [-0.15, -0.1) is 0 Å². The van der Waals surface area contributed by atoms with E-state index in [9.17, 15) is 9.90 Å². The zero-order valence-corrected chi connectivity index (χ0v) is 15.3. The molecule has 0 bridgehead atoms. The van der Waals surface area contributed by atoms with Gasteiger partial charge in [0.25, 0.3) is 0 Å². The normalized spacial score (nSPS) is 22.3. The van der Waals surface area contributed by atoms with Gasteiger partial charge in [-0.2, -0.15) is 0 Å². The van der Waals surface area contributed by atoms with Gasteiger partial charge in [0.1, 0.15) is 0 Å². The molecule has 138 valence electrons. The van der Waals surface area contributed by atoms with E-state index in [1.165, 1.54) is 18.5 Å². The van der Waals surface area contributed by atoms with Crippen molar-refractivity contribution in [2.75, 3.05) is 37.7 Å². The molecule has 1 aromatic carbocycles. The summed E-state index contributed by atoms with van der Waals surface area (Å²) in [6, 6.07) is 9.02. The molecule has 1 amide bonds. The first-order chi connectivity index (χ1) is 12.2. The number of nitrogens with zero attached hydrogens (tertiary/aromatic N) is 2. The van der Waals surface area contributed by atoms with E-state index in [4.69, 9.17) is 0 Å². The number of hydrogen-bond donors (Lipinski definition) is 2. The second-order valence-corrected chi connectivity index (χ2v) is 7.52. The van der Waals surface area contributed by atoms with Gasteiger partial charge in [0, 0.05) is 38.0 Å². The van der Waals surface area contributed by atoms with Crippen LogP contribution in [-0.2, 0) is 11.3 Å². The number of aliphatic hydroxyl groups excluding tert-OH is 1. The van der Waals surface area contributed by atoms with Crippen LogP contribution in [0.2, 0.25) is 0 Å². The molecule has 25 heavy (non-hydrogen) atoms. The van der Waals surface area contributed by atoms with Crippen molar-refractivity contribution in [1.29, 1.82) is 0 Å². The highest BCUT2D eigenvalue weighted by atomic mass is 16.3. The summed E-state index contributed by atoms with van der Waals surface area (Å²) in [7, 11) is 0. The van der Waals surface area contributed by atoms with E-state index in [1.807, 2.05) is 0 Å². The van der Waals surface area contributed by atoms with Gasteiger partial charge >= 0.3 is 0 Å². The first kappa shape index (κ1) is 18.2. The maximum absolute atomic E-state index is 12.1. The Balaban J connectivity index is 1.44. The summed E-state index contributed by atoms with van der Waals surface area (Å²) in [5.74, 6) is 0.577. The number of benzene rings is 1. The number of carbonyl (C=O) groups excluding carboxylic acids is 1. The number of piperidine rings is 1. The second-order valence-electron chi connectivity index (χ2n) is 7.52. The van der Waals surface area contributed by atoms with Gasteiger partial charge < -0.3 is 15.3 Å². The van der Waals surface area contributed by atoms with Gasteiger partial charge in [0.2, 0.25) is 5.91 Å². The molecule has 0 aliphatic carbocycles. The summed E-state index contributed by atoms with van der Waals surface area (Å²) in [5, 5.41) is 12.3. The standard InChI is InChI=1S/C20H31N3O2/c1-16-3-2-10-23(16)14-20(25)21-13-17-4-6-19(7-5-17)22-11-8-18(15-24)9-12-22/h4-7,16,18,24H,2-3,8-15H2,1H3,(H,21,25).